The Kier molecular flexibility index (Phi) is 5.69. The lowest BCUT2D eigenvalue weighted by molar-refractivity contribution is 0.414. The number of methoxy groups -OCH3 is 1. The van der Waals surface area contributed by atoms with Crippen molar-refractivity contribution in [3.05, 3.63) is 77.0 Å². The summed E-state index contributed by atoms with van der Waals surface area (Å²) < 4.78 is 5.19. The van der Waals surface area contributed by atoms with Crippen LogP contribution < -0.4 is 15.4 Å². The maximum Gasteiger partial charge on any atom is 0.225 e. The fourth-order valence-corrected chi connectivity index (χ4v) is 2.66. The van der Waals surface area contributed by atoms with Gasteiger partial charge in [-0.1, -0.05) is 36.4 Å². The fourth-order valence-electron chi connectivity index (χ4n) is 2.66. The number of aryl methyl sites for hydroxylation is 2. The average molecular weight is 348 g/mol. The molecule has 26 heavy (non-hydrogen) atoms. The summed E-state index contributed by atoms with van der Waals surface area (Å²) in [6, 6.07) is 18.2. The van der Waals surface area contributed by atoms with E-state index in [1.54, 1.807) is 7.11 Å². The number of aromatic nitrogens is 2. The van der Waals surface area contributed by atoms with E-state index in [0.717, 1.165) is 22.8 Å². The molecule has 0 bridgehead atoms. The van der Waals surface area contributed by atoms with Crippen LogP contribution in [-0.4, -0.2) is 17.1 Å². The lowest BCUT2D eigenvalue weighted by Gasteiger charge is -2.11. The SMILES string of the molecule is COc1ccc(CNc2cc(C)nc(NCc3ccccc3C)n2)cc1. The van der Waals surface area contributed by atoms with E-state index < -0.39 is 0 Å². The average Bonchev–Trinajstić information content (AvgIpc) is 2.66. The van der Waals surface area contributed by atoms with E-state index in [-0.39, 0.29) is 0 Å². The zero-order valence-corrected chi connectivity index (χ0v) is 15.4. The number of ether oxygens (including phenoxy) is 1. The van der Waals surface area contributed by atoms with Crippen molar-refractivity contribution >= 4 is 11.8 Å². The van der Waals surface area contributed by atoms with Gasteiger partial charge in [-0.3, -0.25) is 0 Å². The summed E-state index contributed by atoms with van der Waals surface area (Å²) >= 11 is 0. The van der Waals surface area contributed by atoms with Gasteiger partial charge in [0.25, 0.3) is 0 Å². The monoisotopic (exact) mass is 348 g/mol. The predicted octanol–water partition coefficient (Wildman–Crippen LogP) is 4.33. The van der Waals surface area contributed by atoms with Crippen molar-refractivity contribution in [3.8, 4) is 5.75 Å². The topological polar surface area (TPSA) is 59.1 Å². The third-order valence-corrected chi connectivity index (χ3v) is 4.19. The van der Waals surface area contributed by atoms with Gasteiger partial charge in [0.1, 0.15) is 11.6 Å². The summed E-state index contributed by atoms with van der Waals surface area (Å²) in [4.78, 5) is 9.05. The van der Waals surface area contributed by atoms with Crippen LogP contribution in [0.1, 0.15) is 22.4 Å². The maximum absolute atomic E-state index is 5.19. The predicted molar refractivity (Wildman–Crippen MR) is 106 cm³/mol. The van der Waals surface area contributed by atoms with E-state index >= 15 is 0 Å². The molecule has 2 N–H and O–H groups in total. The van der Waals surface area contributed by atoms with Gasteiger partial charge in [-0.25, -0.2) is 4.98 Å². The first-order valence-corrected chi connectivity index (χ1v) is 8.65. The molecule has 0 saturated heterocycles. The molecule has 0 fully saturated rings. The Bertz CT molecular complexity index is 862. The first-order chi connectivity index (χ1) is 12.6. The van der Waals surface area contributed by atoms with Crippen LogP contribution in [0.5, 0.6) is 5.75 Å². The summed E-state index contributed by atoms with van der Waals surface area (Å²) in [5.41, 5.74) is 4.58. The number of hydrogen-bond donors (Lipinski definition) is 2. The molecule has 0 aliphatic rings. The molecule has 1 heterocycles. The van der Waals surface area contributed by atoms with Crippen LogP contribution in [0.2, 0.25) is 0 Å². The molecule has 0 unspecified atom stereocenters. The Morgan fingerprint density at radius 3 is 2.38 bits per heavy atom. The van der Waals surface area contributed by atoms with Gasteiger partial charge in [0, 0.05) is 24.8 Å². The van der Waals surface area contributed by atoms with Crippen LogP contribution >= 0.6 is 0 Å². The normalized spacial score (nSPS) is 10.4. The molecule has 2 aromatic carbocycles. The summed E-state index contributed by atoms with van der Waals surface area (Å²) in [6.45, 7) is 5.47. The van der Waals surface area contributed by atoms with Gasteiger partial charge >= 0.3 is 0 Å². The minimum Gasteiger partial charge on any atom is -0.497 e. The largest absolute Gasteiger partial charge is 0.497 e. The Morgan fingerprint density at radius 1 is 0.885 bits per heavy atom. The van der Waals surface area contributed by atoms with E-state index in [1.165, 1.54) is 11.1 Å². The first kappa shape index (κ1) is 17.7. The van der Waals surface area contributed by atoms with Crippen LogP contribution in [0, 0.1) is 13.8 Å². The van der Waals surface area contributed by atoms with Gasteiger partial charge in [0.15, 0.2) is 0 Å². The molecule has 5 heteroatoms. The van der Waals surface area contributed by atoms with Crippen LogP contribution in [0.15, 0.2) is 54.6 Å². The third-order valence-electron chi connectivity index (χ3n) is 4.19. The number of anilines is 2. The Balaban J connectivity index is 1.64. The maximum atomic E-state index is 5.19. The van der Waals surface area contributed by atoms with E-state index in [1.807, 2.05) is 49.4 Å². The zero-order valence-electron chi connectivity index (χ0n) is 15.4. The second-order valence-corrected chi connectivity index (χ2v) is 6.20. The van der Waals surface area contributed by atoms with E-state index in [4.69, 9.17) is 4.74 Å². The lowest BCUT2D eigenvalue weighted by atomic mass is 10.1. The molecular formula is C21H24N4O. The van der Waals surface area contributed by atoms with Crippen molar-refractivity contribution in [1.29, 1.82) is 0 Å². The van der Waals surface area contributed by atoms with Crippen LogP contribution in [0.3, 0.4) is 0 Å². The van der Waals surface area contributed by atoms with Crippen molar-refractivity contribution in [2.24, 2.45) is 0 Å². The van der Waals surface area contributed by atoms with Gasteiger partial charge in [0.2, 0.25) is 5.95 Å². The summed E-state index contributed by atoms with van der Waals surface area (Å²) in [6.07, 6.45) is 0. The quantitative estimate of drug-likeness (QED) is 0.666. The lowest BCUT2D eigenvalue weighted by Crippen LogP contribution is -2.08. The van der Waals surface area contributed by atoms with E-state index in [9.17, 15) is 0 Å². The van der Waals surface area contributed by atoms with Crippen molar-refractivity contribution < 1.29 is 4.74 Å². The highest BCUT2D eigenvalue weighted by molar-refractivity contribution is 5.43. The van der Waals surface area contributed by atoms with Crippen molar-refractivity contribution in [1.82, 2.24) is 9.97 Å². The third kappa shape index (κ3) is 4.72. The number of nitrogens with one attached hydrogen (secondary N) is 2. The second kappa shape index (κ2) is 8.34. The minimum atomic E-state index is 0.630. The molecule has 3 aromatic rings. The van der Waals surface area contributed by atoms with Crippen molar-refractivity contribution in [2.75, 3.05) is 17.7 Å². The van der Waals surface area contributed by atoms with Gasteiger partial charge in [0.05, 0.1) is 7.11 Å². The van der Waals surface area contributed by atoms with Crippen molar-refractivity contribution in [2.45, 2.75) is 26.9 Å². The van der Waals surface area contributed by atoms with Gasteiger partial charge in [-0.2, -0.15) is 4.98 Å². The second-order valence-electron chi connectivity index (χ2n) is 6.20. The minimum absolute atomic E-state index is 0.630. The summed E-state index contributed by atoms with van der Waals surface area (Å²) in [7, 11) is 1.67. The molecule has 0 amide bonds. The Hall–Kier alpha value is -3.08. The molecular weight excluding hydrogens is 324 g/mol. The standard InChI is InChI=1S/C21H24N4O/c1-15-6-4-5-7-18(15)14-23-21-24-16(2)12-20(25-21)22-13-17-8-10-19(26-3)11-9-17/h4-12H,13-14H2,1-3H3,(H2,22,23,24,25). The van der Waals surface area contributed by atoms with Gasteiger partial charge < -0.3 is 15.4 Å². The van der Waals surface area contributed by atoms with Crippen LogP contribution in [0.4, 0.5) is 11.8 Å². The first-order valence-electron chi connectivity index (χ1n) is 8.65. The zero-order chi connectivity index (χ0) is 18.4. The van der Waals surface area contributed by atoms with Crippen LogP contribution in [-0.2, 0) is 13.1 Å². The van der Waals surface area contributed by atoms with Crippen molar-refractivity contribution in [3.63, 3.8) is 0 Å². The molecule has 5 nitrogen and oxygen atoms in total. The van der Waals surface area contributed by atoms with Crippen LogP contribution in [0.25, 0.3) is 0 Å². The molecule has 0 aliphatic carbocycles. The van der Waals surface area contributed by atoms with E-state index in [0.29, 0.717) is 19.0 Å². The highest BCUT2D eigenvalue weighted by atomic mass is 16.5. The molecule has 0 saturated carbocycles. The summed E-state index contributed by atoms with van der Waals surface area (Å²) in [5, 5.41) is 6.67. The van der Waals surface area contributed by atoms with Gasteiger partial charge in [-0.05, 0) is 42.7 Å². The highest BCUT2D eigenvalue weighted by Gasteiger charge is 2.04. The number of benzene rings is 2. The molecule has 0 spiro atoms. The Morgan fingerprint density at radius 2 is 1.65 bits per heavy atom. The highest BCUT2D eigenvalue weighted by Crippen LogP contribution is 2.15. The smallest absolute Gasteiger partial charge is 0.225 e. The number of nitrogens with zero attached hydrogens (tertiary/aromatic N) is 2. The fraction of sp³-hybridized carbons (Fsp3) is 0.238. The Labute approximate surface area is 154 Å². The summed E-state index contributed by atoms with van der Waals surface area (Å²) in [5.74, 6) is 2.29. The molecule has 3 rings (SSSR count). The van der Waals surface area contributed by atoms with E-state index in [2.05, 4.69) is 39.7 Å². The molecule has 1 aromatic heterocycles. The molecule has 0 radical (unpaired) electrons. The molecule has 0 aliphatic heterocycles. The number of hydrogen-bond acceptors (Lipinski definition) is 5. The molecule has 0 atom stereocenters. The number of rotatable bonds is 7. The van der Waals surface area contributed by atoms with Gasteiger partial charge in [-0.15, -0.1) is 0 Å². The molecule has 134 valence electrons.